The van der Waals surface area contributed by atoms with Crippen molar-refractivity contribution in [1.82, 2.24) is 5.32 Å². The Balaban J connectivity index is 0.00000169. The minimum absolute atomic E-state index is 0. The number of nitrogens with two attached hydrogens (primary N) is 1. The van der Waals surface area contributed by atoms with Crippen LogP contribution in [0, 0.1) is 12.8 Å². The van der Waals surface area contributed by atoms with E-state index in [-0.39, 0.29) is 30.7 Å². The second-order valence-electron chi connectivity index (χ2n) is 6.36. The van der Waals surface area contributed by atoms with Crippen LogP contribution in [-0.2, 0) is 0 Å². The van der Waals surface area contributed by atoms with Crippen LogP contribution in [0.1, 0.15) is 22.3 Å². The number of rotatable bonds is 4. The number of hydrogen-bond donors (Lipinski definition) is 2. The fourth-order valence-corrected chi connectivity index (χ4v) is 3.37. The number of amides is 1. The Morgan fingerprint density at radius 1 is 1.23 bits per heavy atom. The number of nitrogens with one attached hydrogen (secondary N) is 1. The maximum absolute atomic E-state index is 12.4. The Morgan fingerprint density at radius 2 is 1.92 bits per heavy atom. The Hall–Kier alpha value is -1.43. The lowest BCUT2D eigenvalue weighted by Gasteiger charge is -2.19. The number of nitrogen functional groups attached to an aromatic ring is 1. The molecule has 1 saturated heterocycles. The third kappa shape index (κ3) is 5.53. The lowest BCUT2D eigenvalue weighted by Crippen LogP contribution is -2.31. The van der Waals surface area contributed by atoms with Crippen molar-refractivity contribution in [3.05, 3.63) is 58.1 Å². The van der Waals surface area contributed by atoms with E-state index in [1.807, 2.05) is 19.1 Å². The van der Waals surface area contributed by atoms with Gasteiger partial charge in [0.15, 0.2) is 0 Å². The van der Waals surface area contributed by atoms with Crippen LogP contribution in [0.5, 0.6) is 0 Å². The highest BCUT2D eigenvalue weighted by Gasteiger charge is 2.23. The van der Waals surface area contributed by atoms with Gasteiger partial charge >= 0.3 is 0 Å². The molecule has 0 saturated carbocycles. The van der Waals surface area contributed by atoms with Crippen LogP contribution in [-0.4, -0.2) is 25.5 Å². The first-order chi connectivity index (χ1) is 11.5. The van der Waals surface area contributed by atoms with E-state index in [0.29, 0.717) is 23.7 Å². The van der Waals surface area contributed by atoms with Gasteiger partial charge in [0, 0.05) is 41.0 Å². The van der Waals surface area contributed by atoms with Crippen molar-refractivity contribution >= 4 is 58.0 Å². The summed E-state index contributed by atoms with van der Waals surface area (Å²) in [6.07, 6.45) is 1.09. The molecule has 0 aliphatic carbocycles. The molecule has 4 nitrogen and oxygen atoms in total. The molecule has 1 heterocycles. The van der Waals surface area contributed by atoms with Crippen LogP contribution >= 0.6 is 40.7 Å². The summed E-state index contributed by atoms with van der Waals surface area (Å²) in [6.45, 7) is 4.62. The van der Waals surface area contributed by atoms with Crippen LogP contribution in [0.2, 0.25) is 0 Å². The molecule has 7 heteroatoms. The summed E-state index contributed by atoms with van der Waals surface area (Å²) in [4.78, 5) is 14.7. The second kappa shape index (κ2) is 10.0. The highest BCUT2D eigenvalue weighted by Crippen LogP contribution is 2.25. The summed E-state index contributed by atoms with van der Waals surface area (Å²) in [7, 11) is 0. The summed E-state index contributed by atoms with van der Waals surface area (Å²) in [5, 5.41) is 3.06. The smallest absolute Gasteiger partial charge is 0.251 e. The Morgan fingerprint density at radius 3 is 2.62 bits per heavy atom. The lowest BCUT2D eigenvalue weighted by molar-refractivity contribution is 0.0947. The number of carbonyl (C=O) groups is 1. The number of benzene rings is 2. The molecule has 1 atom stereocenters. The SMILES string of the molecule is Cc1ccc(N)cc1C(=O)NCC1CCN(c2ccc(Br)cc2)C1.Cl.Cl. The molecule has 0 bridgehead atoms. The van der Waals surface area contributed by atoms with Crippen molar-refractivity contribution in [3.63, 3.8) is 0 Å². The number of hydrogen-bond acceptors (Lipinski definition) is 3. The quantitative estimate of drug-likeness (QED) is 0.663. The van der Waals surface area contributed by atoms with Gasteiger partial charge in [0.05, 0.1) is 0 Å². The number of carbonyl (C=O) groups excluding carboxylic acids is 1. The van der Waals surface area contributed by atoms with Crippen molar-refractivity contribution in [2.24, 2.45) is 5.92 Å². The van der Waals surface area contributed by atoms with Gasteiger partial charge < -0.3 is 16.0 Å². The Bertz CT molecular complexity index is 740. The fraction of sp³-hybridized carbons (Fsp3) is 0.316. The number of anilines is 2. The average Bonchev–Trinajstić information content (AvgIpc) is 3.04. The second-order valence-corrected chi connectivity index (χ2v) is 7.28. The normalized spacial score (nSPS) is 15.8. The molecule has 142 valence electrons. The molecule has 26 heavy (non-hydrogen) atoms. The van der Waals surface area contributed by atoms with E-state index in [4.69, 9.17) is 5.73 Å². The standard InChI is InChI=1S/C19H22BrN3O.2ClH/c1-13-2-5-16(21)10-18(13)19(24)22-11-14-8-9-23(12-14)17-6-3-15(20)4-7-17;;/h2-7,10,14H,8-9,11-12,21H2,1H3,(H,22,24);2*1H. The van der Waals surface area contributed by atoms with Gasteiger partial charge in [-0.05, 0) is 61.2 Å². The minimum Gasteiger partial charge on any atom is -0.399 e. The van der Waals surface area contributed by atoms with E-state index in [2.05, 4.69) is 50.4 Å². The van der Waals surface area contributed by atoms with Gasteiger partial charge in [-0.1, -0.05) is 22.0 Å². The van der Waals surface area contributed by atoms with Crippen molar-refractivity contribution < 1.29 is 4.79 Å². The third-order valence-electron chi connectivity index (χ3n) is 4.54. The number of halogens is 3. The molecule has 0 spiro atoms. The van der Waals surface area contributed by atoms with Crippen molar-refractivity contribution in [1.29, 1.82) is 0 Å². The van der Waals surface area contributed by atoms with Gasteiger partial charge in [-0.3, -0.25) is 4.79 Å². The lowest BCUT2D eigenvalue weighted by atomic mass is 10.1. The zero-order valence-electron chi connectivity index (χ0n) is 14.6. The van der Waals surface area contributed by atoms with Gasteiger partial charge in [0.2, 0.25) is 0 Å². The molecule has 2 aromatic carbocycles. The van der Waals surface area contributed by atoms with Crippen molar-refractivity contribution in [2.75, 3.05) is 30.3 Å². The van der Waals surface area contributed by atoms with Crippen LogP contribution in [0.4, 0.5) is 11.4 Å². The topological polar surface area (TPSA) is 58.4 Å². The first-order valence-corrected chi connectivity index (χ1v) is 8.97. The van der Waals surface area contributed by atoms with E-state index < -0.39 is 0 Å². The molecule has 3 rings (SSSR count). The monoisotopic (exact) mass is 459 g/mol. The highest BCUT2D eigenvalue weighted by molar-refractivity contribution is 9.10. The van der Waals surface area contributed by atoms with E-state index in [9.17, 15) is 4.79 Å². The van der Waals surface area contributed by atoms with Gasteiger partial charge in [-0.2, -0.15) is 0 Å². The first kappa shape index (κ1) is 22.6. The predicted octanol–water partition coefficient (Wildman–Crippen LogP) is 4.44. The van der Waals surface area contributed by atoms with E-state index in [1.54, 1.807) is 6.07 Å². The van der Waals surface area contributed by atoms with E-state index >= 15 is 0 Å². The fourth-order valence-electron chi connectivity index (χ4n) is 3.10. The third-order valence-corrected chi connectivity index (χ3v) is 5.06. The summed E-state index contributed by atoms with van der Waals surface area (Å²) in [5.41, 5.74) is 9.25. The van der Waals surface area contributed by atoms with Gasteiger partial charge in [0.1, 0.15) is 0 Å². The minimum atomic E-state index is -0.0399. The molecular weight excluding hydrogens is 437 g/mol. The van der Waals surface area contributed by atoms with Gasteiger partial charge in [0.25, 0.3) is 5.91 Å². The summed E-state index contributed by atoms with van der Waals surface area (Å²) in [6, 6.07) is 13.8. The van der Waals surface area contributed by atoms with Gasteiger partial charge in [-0.25, -0.2) is 0 Å². The zero-order valence-corrected chi connectivity index (χ0v) is 17.8. The van der Waals surface area contributed by atoms with Gasteiger partial charge in [-0.15, -0.1) is 24.8 Å². The molecular formula is C19H24BrCl2N3O. The first-order valence-electron chi connectivity index (χ1n) is 8.18. The molecule has 1 aliphatic heterocycles. The molecule has 2 aromatic rings. The van der Waals surface area contributed by atoms with Crippen molar-refractivity contribution in [3.8, 4) is 0 Å². The van der Waals surface area contributed by atoms with Crippen LogP contribution in [0.25, 0.3) is 0 Å². The summed E-state index contributed by atoms with van der Waals surface area (Å²) in [5.74, 6) is 0.431. The maximum atomic E-state index is 12.4. The molecule has 0 radical (unpaired) electrons. The van der Waals surface area contributed by atoms with Crippen LogP contribution in [0.3, 0.4) is 0 Å². The Kier molecular flexibility index (Phi) is 8.74. The van der Waals surface area contributed by atoms with Crippen molar-refractivity contribution in [2.45, 2.75) is 13.3 Å². The zero-order chi connectivity index (χ0) is 17.1. The van der Waals surface area contributed by atoms with E-state index in [0.717, 1.165) is 29.5 Å². The summed E-state index contributed by atoms with van der Waals surface area (Å²) >= 11 is 3.46. The number of aryl methyl sites for hydroxylation is 1. The molecule has 1 amide bonds. The maximum Gasteiger partial charge on any atom is 0.251 e. The molecule has 1 aliphatic rings. The average molecular weight is 461 g/mol. The summed E-state index contributed by atoms with van der Waals surface area (Å²) < 4.78 is 1.09. The molecule has 1 fully saturated rings. The molecule has 1 unspecified atom stereocenters. The predicted molar refractivity (Wildman–Crippen MR) is 117 cm³/mol. The Labute approximate surface area is 175 Å². The largest absolute Gasteiger partial charge is 0.399 e. The van der Waals surface area contributed by atoms with Crippen LogP contribution in [0.15, 0.2) is 46.9 Å². The molecule has 3 N–H and O–H groups in total. The number of nitrogens with zero attached hydrogens (tertiary/aromatic N) is 1. The van der Waals surface area contributed by atoms with E-state index in [1.165, 1.54) is 5.69 Å². The highest BCUT2D eigenvalue weighted by atomic mass is 79.9. The van der Waals surface area contributed by atoms with Crippen LogP contribution < -0.4 is 16.0 Å². The molecule has 0 aromatic heterocycles.